The number of benzene rings is 2. The van der Waals surface area contributed by atoms with Gasteiger partial charge >= 0.3 is 0 Å². The zero-order valence-electron chi connectivity index (χ0n) is 14.5. The molecule has 2 aromatic carbocycles. The average Bonchev–Trinajstić information content (AvgIpc) is 2.92. The van der Waals surface area contributed by atoms with Gasteiger partial charge in [0.1, 0.15) is 5.75 Å². The van der Waals surface area contributed by atoms with Crippen molar-refractivity contribution >= 4 is 21.8 Å². The van der Waals surface area contributed by atoms with Crippen LogP contribution in [0.25, 0.3) is 21.8 Å². The van der Waals surface area contributed by atoms with E-state index in [9.17, 15) is 0 Å². The molecule has 0 saturated carbocycles. The van der Waals surface area contributed by atoms with Crippen molar-refractivity contribution in [2.24, 2.45) is 0 Å². The highest BCUT2D eigenvalue weighted by Crippen LogP contribution is 2.32. The molecule has 0 aliphatic heterocycles. The standard InChI is InChI=1S/C21H27NO/c1-4-6-7-9-15-10-11-19-17(12-15)18-13-16(8-5-2)21(23-3)14-20(18)22-19/h10-14,22H,4-9H2,1-3H3. The lowest BCUT2D eigenvalue weighted by molar-refractivity contribution is 0.410. The molecule has 1 N–H and O–H groups in total. The number of fused-ring (bicyclic) bond motifs is 3. The van der Waals surface area contributed by atoms with Crippen LogP contribution in [0, 0.1) is 0 Å². The molecule has 1 heterocycles. The van der Waals surface area contributed by atoms with Crippen molar-refractivity contribution in [1.29, 1.82) is 0 Å². The van der Waals surface area contributed by atoms with E-state index in [1.165, 1.54) is 58.6 Å². The van der Waals surface area contributed by atoms with Crippen molar-refractivity contribution < 1.29 is 4.74 Å². The van der Waals surface area contributed by atoms with E-state index >= 15 is 0 Å². The first-order chi connectivity index (χ1) is 11.3. The molecule has 23 heavy (non-hydrogen) atoms. The van der Waals surface area contributed by atoms with Crippen LogP contribution in [0.1, 0.15) is 50.7 Å². The minimum atomic E-state index is 0.995. The summed E-state index contributed by atoms with van der Waals surface area (Å²) >= 11 is 0. The maximum Gasteiger partial charge on any atom is 0.124 e. The van der Waals surface area contributed by atoms with Crippen LogP contribution < -0.4 is 4.74 Å². The summed E-state index contributed by atoms with van der Waals surface area (Å²) in [5, 5.41) is 2.66. The molecule has 0 unspecified atom stereocenters. The Morgan fingerprint density at radius 1 is 0.870 bits per heavy atom. The largest absolute Gasteiger partial charge is 0.496 e. The molecule has 0 bridgehead atoms. The number of methoxy groups -OCH3 is 1. The number of rotatable bonds is 7. The van der Waals surface area contributed by atoms with Crippen LogP contribution in [0.3, 0.4) is 0 Å². The van der Waals surface area contributed by atoms with Crippen LogP contribution in [0.15, 0.2) is 30.3 Å². The Morgan fingerprint density at radius 3 is 2.43 bits per heavy atom. The van der Waals surface area contributed by atoms with E-state index in [1.54, 1.807) is 7.11 Å². The summed E-state index contributed by atoms with van der Waals surface area (Å²) in [5.41, 5.74) is 5.14. The lowest BCUT2D eigenvalue weighted by Crippen LogP contribution is -1.91. The Bertz CT molecular complexity index is 800. The molecule has 0 spiro atoms. The average molecular weight is 309 g/mol. The van der Waals surface area contributed by atoms with Gasteiger partial charge in [-0.3, -0.25) is 0 Å². The highest BCUT2D eigenvalue weighted by atomic mass is 16.5. The molecular weight excluding hydrogens is 282 g/mol. The minimum Gasteiger partial charge on any atom is -0.496 e. The van der Waals surface area contributed by atoms with Crippen molar-refractivity contribution in [3.63, 3.8) is 0 Å². The van der Waals surface area contributed by atoms with E-state index in [4.69, 9.17) is 4.74 Å². The quantitative estimate of drug-likeness (QED) is 0.531. The molecule has 0 radical (unpaired) electrons. The molecule has 2 nitrogen and oxygen atoms in total. The summed E-state index contributed by atoms with van der Waals surface area (Å²) in [6, 6.07) is 11.3. The number of unbranched alkanes of at least 4 members (excludes halogenated alkanes) is 2. The minimum absolute atomic E-state index is 0.995. The molecule has 0 amide bonds. The van der Waals surface area contributed by atoms with Crippen molar-refractivity contribution in [2.75, 3.05) is 7.11 Å². The highest BCUT2D eigenvalue weighted by molar-refractivity contribution is 6.08. The maximum absolute atomic E-state index is 5.57. The van der Waals surface area contributed by atoms with Gasteiger partial charge in [-0.05, 0) is 48.6 Å². The molecule has 0 fully saturated rings. The fourth-order valence-electron chi connectivity index (χ4n) is 3.41. The summed E-state index contributed by atoms with van der Waals surface area (Å²) < 4.78 is 5.57. The van der Waals surface area contributed by atoms with Crippen LogP contribution in [-0.2, 0) is 12.8 Å². The SMILES string of the molecule is CCCCCc1ccc2[nH]c3cc(OC)c(CCC)cc3c2c1. The van der Waals surface area contributed by atoms with E-state index in [0.29, 0.717) is 0 Å². The Hall–Kier alpha value is -1.96. The van der Waals surface area contributed by atoms with Gasteiger partial charge in [0, 0.05) is 22.4 Å². The predicted molar refractivity (Wildman–Crippen MR) is 99.6 cm³/mol. The van der Waals surface area contributed by atoms with Crippen molar-refractivity contribution in [1.82, 2.24) is 4.98 Å². The molecule has 0 saturated heterocycles. The molecule has 3 aromatic rings. The first-order valence-corrected chi connectivity index (χ1v) is 8.88. The van der Waals surface area contributed by atoms with Crippen LogP contribution >= 0.6 is 0 Å². The topological polar surface area (TPSA) is 25.0 Å². The molecule has 122 valence electrons. The first kappa shape index (κ1) is 15.9. The fourth-order valence-corrected chi connectivity index (χ4v) is 3.41. The second-order valence-corrected chi connectivity index (χ2v) is 6.42. The van der Waals surface area contributed by atoms with Crippen molar-refractivity contribution in [2.45, 2.75) is 52.4 Å². The van der Waals surface area contributed by atoms with Crippen LogP contribution in [0.4, 0.5) is 0 Å². The molecule has 1 aromatic heterocycles. The van der Waals surface area contributed by atoms with Gasteiger partial charge in [0.05, 0.1) is 12.6 Å². The number of hydrogen-bond acceptors (Lipinski definition) is 1. The second-order valence-electron chi connectivity index (χ2n) is 6.42. The number of aromatic nitrogens is 1. The summed E-state index contributed by atoms with van der Waals surface area (Å²) in [6.45, 7) is 4.47. The Balaban J connectivity index is 2.06. The summed E-state index contributed by atoms with van der Waals surface area (Å²) in [7, 11) is 1.76. The maximum atomic E-state index is 5.57. The van der Waals surface area contributed by atoms with Crippen LogP contribution in [0.5, 0.6) is 5.75 Å². The van der Waals surface area contributed by atoms with Gasteiger partial charge in [-0.15, -0.1) is 0 Å². The lowest BCUT2D eigenvalue weighted by atomic mass is 10.0. The molecule has 0 aliphatic rings. The van der Waals surface area contributed by atoms with Gasteiger partial charge in [0.2, 0.25) is 0 Å². The summed E-state index contributed by atoms with van der Waals surface area (Å²) in [5.74, 6) is 0.995. The summed E-state index contributed by atoms with van der Waals surface area (Å²) in [6.07, 6.45) is 7.22. The number of ether oxygens (including phenoxy) is 1. The van der Waals surface area contributed by atoms with E-state index < -0.39 is 0 Å². The van der Waals surface area contributed by atoms with E-state index in [-0.39, 0.29) is 0 Å². The van der Waals surface area contributed by atoms with E-state index in [0.717, 1.165) is 18.6 Å². The smallest absolute Gasteiger partial charge is 0.124 e. The number of H-pyrrole nitrogens is 1. The number of aryl methyl sites for hydroxylation is 2. The van der Waals surface area contributed by atoms with Crippen LogP contribution in [-0.4, -0.2) is 12.1 Å². The number of hydrogen-bond donors (Lipinski definition) is 1. The third kappa shape index (κ3) is 3.21. The normalized spacial score (nSPS) is 11.4. The van der Waals surface area contributed by atoms with E-state index in [2.05, 4.69) is 49.2 Å². The zero-order chi connectivity index (χ0) is 16.2. The third-order valence-corrected chi connectivity index (χ3v) is 4.65. The van der Waals surface area contributed by atoms with Crippen molar-refractivity contribution in [3.05, 3.63) is 41.5 Å². The number of nitrogens with one attached hydrogen (secondary N) is 1. The fraction of sp³-hybridized carbons (Fsp3) is 0.429. The van der Waals surface area contributed by atoms with Gasteiger partial charge in [-0.2, -0.15) is 0 Å². The molecule has 0 aliphatic carbocycles. The molecule has 2 heteroatoms. The Labute approximate surface area is 138 Å². The Kier molecular flexibility index (Phi) is 4.90. The number of aromatic amines is 1. The van der Waals surface area contributed by atoms with Gasteiger partial charge in [-0.25, -0.2) is 0 Å². The Morgan fingerprint density at radius 2 is 1.70 bits per heavy atom. The highest BCUT2D eigenvalue weighted by Gasteiger charge is 2.10. The van der Waals surface area contributed by atoms with E-state index in [1.807, 2.05) is 0 Å². The second kappa shape index (κ2) is 7.08. The van der Waals surface area contributed by atoms with Crippen LogP contribution in [0.2, 0.25) is 0 Å². The first-order valence-electron chi connectivity index (χ1n) is 8.88. The molecular formula is C21H27NO. The van der Waals surface area contributed by atoms with Gasteiger partial charge < -0.3 is 9.72 Å². The van der Waals surface area contributed by atoms with Gasteiger partial charge in [0.25, 0.3) is 0 Å². The predicted octanol–water partition coefficient (Wildman–Crippen LogP) is 6.01. The molecule has 0 atom stereocenters. The monoisotopic (exact) mass is 309 g/mol. The van der Waals surface area contributed by atoms with Crippen molar-refractivity contribution in [3.8, 4) is 5.75 Å². The third-order valence-electron chi connectivity index (χ3n) is 4.65. The zero-order valence-corrected chi connectivity index (χ0v) is 14.5. The molecule has 3 rings (SSSR count). The lowest BCUT2D eigenvalue weighted by Gasteiger charge is -2.08. The van der Waals surface area contributed by atoms with Gasteiger partial charge in [0.15, 0.2) is 0 Å². The summed E-state index contributed by atoms with van der Waals surface area (Å²) in [4.78, 5) is 3.54. The van der Waals surface area contributed by atoms with Gasteiger partial charge in [-0.1, -0.05) is 39.2 Å².